The molecule has 1 nitrogen and oxygen atoms in total. The van der Waals surface area contributed by atoms with E-state index in [4.69, 9.17) is 0 Å². The molecule has 1 N–H and O–H groups in total. The number of hydrogen-bond acceptors (Lipinski definition) is 1. The molecule has 1 aromatic rings. The van der Waals surface area contributed by atoms with Crippen LogP contribution in [0.15, 0.2) is 30.3 Å². The third-order valence-electron chi connectivity index (χ3n) is 3.96. The fourth-order valence-corrected chi connectivity index (χ4v) is 2.57. The Morgan fingerprint density at radius 3 is 2.41 bits per heavy atom. The summed E-state index contributed by atoms with van der Waals surface area (Å²) in [6, 6.07) is 10.6. The van der Waals surface area contributed by atoms with Crippen LogP contribution in [0, 0.1) is 11.8 Å². The number of benzene rings is 1. The van der Waals surface area contributed by atoms with Crippen LogP contribution in [-0.2, 0) is 6.42 Å². The van der Waals surface area contributed by atoms with E-state index in [-0.39, 0.29) is 0 Å². The minimum Gasteiger partial charge on any atom is -0.380 e. The van der Waals surface area contributed by atoms with Crippen LogP contribution in [0.25, 0.3) is 0 Å². The highest BCUT2D eigenvalue weighted by Gasteiger charge is 1.99. The predicted octanol–water partition coefficient (Wildman–Crippen LogP) is 5.51. The van der Waals surface area contributed by atoms with Crippen LogP contribution in [-0.4, -0.2) is 11.2 Å². The number of hydrogen-bond donors (Lipinski definition) is 1. The molecule has 1 rings (SSSR count). The molecule has 0 saturated heterocycles. The summed E-state index contributed by atoms with van der Waals surface area (Å²) in [5.41, 5.74) is 1.41. The largest absolute Gasteiger partial charge is 0.380 e. The Balaban J connectivity index is 1.96. The summed E-state index contributed by atoms with van der Waals surface area (Å²) >= 11 is 0. The zero-order valence-corrected chi connectivity index (χ0v) is 14.2. The van der Waals surface area contributed by atoms with Crippen LogP contribution in [0.3, 0.4) is 0 Å². The topological polar surface area (TPSA) is 20.2 Å². The first-order chi connectivity index (χ1) is 10.8. The number of unbranched alkanes of at least 4 members (excludes halogenated alkanes) is 7. The van der Waals surface area contributed by atoms with Gasteiger partial charge in [-0.1, -0.05) is 75.3 Å². The number of aryl methyl sites for hydroxylation is 1. The van der Waals surface area contributed by atoms with Gasteiger partial charge in [0.05, 0.1) is 0 Å². The Morgan fingerprint density at radius 2 is 1.64 bits per heavy atom. The molecule has 1 aromatic carbocycles. The fourth-order valence-electron chi connectivity index (χ4n) is 2.57. The van der Waals surface area contributed by atoms with Crippen molar-refractivity contribution in [3.63, 3.8) is 0 Å². The lowest BCUT2D eigenvalue weighted by atomic mass is 10.0. The summed E-state index contributed by atoms with van der Waals surface area (Å²) in [7, 11) is 0. The lowest BCUT2D eigenvalue weighted by Gasteiger charge is -2.04. The maximum absolute atomic E-state index is 9.83. The van der Waals surface area contributed by atoms with E-state index in [1.54, 1.807) is 0 Å². The van der Waals surface area contributed by atoms with Gasteiger partial charge in [0.1, 0.15) is 6.10 Å². The van der Waals surface area contributed by atoms with Crippen LogP contribution in [0.4, 0.5) is 0 Å². The Morgan fingerprint density at radius 1 is 0.909 bits per heavy atom. The minimum atomic E-state index is -0.424. The summed E-state index contributed by atoms with van der Waals surface area (Å²) < 4.78 is 0. The second-order valence-corrected chi connectivity index (χ2v) is 6.09. The lowest BCUT2D eigenvalue weighted by Crippen LogP contribution is -2.02. The highest BCUT2D eigenvalue weighted by molar-refractivity contribution is 5.14. The maximum atomic E-state index is 9.83. The first-order valence-electron chi connectivity index (χ1n) is 9.03. The smallest absolute Gasteiger partial charge is 0.114 e. The van der Waals surface area contributed by atoms with Gasteiger partial charge in [-0.05, 0) is 37.7 Å². The molecule has 1 heteroatoms. The monoisotopic (exact) mass is 300 g/mol. The molecule has 0 aliphatic carbocycles. The first kappa shape index (κ1) is 18.8. The van der Waals surface area contributed by atoms with E-state index in [9.17, 15) is 5.11 Å². The van der Waals surface area contributed by atoms with Crippen molar-refractivity contribution >= 4 is 0 Å². The summed E-state index contributed by atoms with van der Waals surface area (Å²) in [4.78, 5) is 0. The third kappa shape index (κ3) is 10.5. The van der Waals surface area contributed by atoms with E-state index in [1.807, 2.05) is 0 Å². The maximum Gasteiger partial charge on any atom is 0.114 e. The molecule has 22 heavy (non-hydrogen) atoms. The van der Waals surface area contributed by atoms with Gasteiger partial charge < -0.3 is 5.11 Å². The normalized spacial score (nSPS) is 11.7. The predicted molar refractivity (Wildman–Crippen MR) is 95.8 cm³/mol. The van der Waals surface area contributed by atoms with Gasteiger partial charge in [0, 0.05) is 6.42 Å². The molecule has 0 amide bonds. The van der Waals surface area contributed by atoms with Crippen molar-refractivity contribution in [1.29, 1.82) is 0 Å². The highest BCUT2D eigenvalue weighted by Crippen LogP contribution is 2.09. The summed E-state index contributed by atoms with van der Waals surface area (Å²) in [5, 5.41) is 9.83. The van der Waals surface area contributed by atoms with Crippen LogP contribution in [0.2, 0.25) is 0 Å². The van der Waals surface area contributed by atoms with Crippen molar-refractivity contribution < 1.29 is 5.11 Å². The zero-order valence-electron chi connectivity index (χ0n) is 14.2. The van der Waals surface area contributed by atoms with Crippen molar-refractivity contribution in [1.82, 2.24) is 0 Å². The van der Waals surface area contributed by atoms with Gasteiger partial charge in [-0.15, -0.1) is 5.92 Å². The Bertz CT molecular complexity index is 413. The van der Waals surface area contributed by atoms with E-state index in [0.717, 1.165) is 25.7 Å². The second kappa shape index (κ2) is 13.4. The quantitative estimate of drug-likeness (QED) is 0.422. The molecule has 0 spiro atoms. The molecule has 0 saturated carbocycles. The first-order valence-corrected chi connectivity index (χ1v) is 9.03. The van der Waals surface area contributed by atoms with Gasteiger partial charge in [0.25, 0.3) is 0 Å². The number of aliphatic hydroxyl groups is 1. The summed E-state index contributed by atoms with van der Waals surface area (Å²) in [6.07, 6.45) is 12.3. The van der Waals surface area contributed by atoms with Gasteiger partial charge in [-0.3, -0.25) is 0 Å². The molecule has 0 aliphatic rings. The zero-order chi connectivity index (χ0) is 15.9. The number of aliphatic hydroxyl groups excluding tert-OH is 1. The van der Waals surface area contributed by atoms with Gasteiger partial charge >= 0.3 is 0 Å². The lowest BCUT2D eigenvalue weighted by molar-refractivity contribution is 0.217. The third-order valence-corrected chi connectivity index (χ3v) is 3.96. The molecule has 0 heterocycles. The molecular formula is C21H32O. The summed E-state index contributed by atoms with van der Waals surface area (Å²) in [5.74, 6) is 6.12. The van der Waals surface area contributed by atoms with Crippen molar-refractivity contribution in [3.8, 4) is 11.8 Å². The molecule has 0 fully saturated rings. The second-order valence-electron chi connectivity index (χ2n) is 6.09. The average Bonchev–Trinajstić information content (AvgIpc) is 2.54. The van der Waals surface area contributed by atoms with Crippen LogP contribution < -0.4 is 0 Å². The Kier molecular flexibility index (Phi) is 11.4. The van der Waals surface area contributed by atoms with Gasteiger partial charge in [0.2, 0.25) is 0 Å². The van der Waals surface area contributed by atoms with E-state index in [2.05, 4.69) is 49.1 Å². The van der Waals surface area contributed by atoms with Crippen molar-refractivity contribution in [2.75, 3.05) is 0 Å². The van der Waals surface area contributed by atoms with Crippen LogP contribution in [0.1, 0.15) is 76.7 Å². The van der Waals surface area contributed by atoms with E-state index in [0.29, 0.717) is 0 Å². The molecule has 122 valence electrons. The van der Waals surface area contributed by atoms with Gasteiger partial charge in [-0.25, -0.2) is 0 Å². The van der Waals surface area contributed by atoms with Crippen molar-refractivity contribution in [2.24, 2.45) is 0 Å². The Hall–Kier alpha value is -1.26. The van der Waals surface area contributed by atoms with E-state index >= 15 is 0 Å². The van der Waals surface area contributed by atoms with Crippen molar-refractivity contribution in [2.45, 2.75) is 83.7 Å². The molecule has 0 bridgehead atoms. The van der Waals surface area contributed by atoms with Crippen LogP contribution >= 0.6 is 0 Å². The molecule has 0 aliphatic heterocycles. The highest BCUT2D eigenvalue weighted by atomic mass is 16.3. The standard InChI is InChI=1S/C21H32O/c1-2-3-4-5-6-7-13-18-21(22)19-14-9-12-17-20-15-10-8-11-16-20/h8,10-11,15-16,21-22H,2-7,9,12,14,17,19H2,1H3. The summed E-state index contributed by atoms with van der Waals surface area (Å²) in [6.45, 7) is 2.23. The fraction of sp³-hybridized carbons (Fsp3) is 0.619. The SMILES string of the molecule is CCCCCCCC#CC(O)CCCCCc1ccccc1. The van der Waals surface area contributed by atoms with E-state index in [1.165, 1.54) is 50.5 Å². The van der Waals surface area contributed by atoms with Crippen LogP contribution in [0.5, 0.6) is 0 Å². The van der Waals surface area contributed by atoms with E-state index < -0.39 is 6.10 Å². The van der Waals surface area contributed by atoms with Gasteiger partial charge in [-0.2, -0.15) is 0 Å². The molecule has 0 radical (unpaired) electrons. The molecule has 1 unspecified atom stereocenters. The minimum absolute atomic E-state index is 0.424. The Labute approximate surface area is 137 Å². The molecule has 0 aromatic heterocycles. The van der Waals surface area contributed by atoms with Gasteiger partial charge in [0.15, 0.2) is 0 Å². The average molecular weight is 300 g/mol. The molecule has 1 atom stereocenters. The number of rotatable bonds is 11. The van der Waals surface area contributed by atoms with Crippen molar-refractivity contribution in [3.05, 3.63) is 35.9 Å². The molecular weight excluding hydrogens is 268 g/mol.